The third-order valence-electron chi connectivity index (χ3n) is 3.42. The van der Waals surface area contributed by atoms with Crippen LogP contribution < -0.4 is 5.32 Å². The first-order valence-corrected chi connectivity index (χ1v) is 7.90. The molecule has 1 amide bonds. The predicted octanol–water partition coefficient (Wildman–Crippen LogP) is 2.36. The monoisotopic (exact) mass is 317 g/mol. The molecule has 0 bridgehead atoms. The normalized spacial score (nSPS) is 15.3. The summed E-state index contributed by atoms with van der Waals surface area (Å²) in [5.41, 5.74) is 0.281. The van der Waals surface area contributed by atoms with Crippen molar-refractivity contribution in [1.29, 1.82) is 0 Å². The van der Waals surface area contributed by atoms with E-state index in [0.29, 0.717) is 11.7 Å². The van der Waals surface area contributed by atoms with Gasteiger partial charge >= 0.3 is 5.97 Å². The molecule has 7 heteroatoms. The Balaban J connectivity index is 1.75. The van der Waals surface area contributed by atoms with Gasteiger partial charge < -0.3 is 10.4 Å². The Morgan fingerprint density at radius 3 is 2.86 bits per heavy atom. The van der Waals surface area contributed by atoms with Crippen molar-refractivity contribution >= 4 is 23.2 Å². The summed E-state index contributed by atoms with van der Waals surface area (Å²) in [6.07, 6.45) is 3.53. The first kappa shape index (κ1) is 14.6. The van der Waals surface area contributed by atoms with Crippen LogP contribution in [0, 0.1) is 0 Å². The molecule has 1 fully saturated rings. The van der Waals surface area contributed by atoms with E-state index in [0.717, 1.165) is 17.7 Å². The Hall–Kier alpha value is -2.28. The number of rotatable bonds is 6. The van der Waals surface area contributed by atoms with Crippen LogP contribution >= 0.6 is 11.3 Å². The minimum Gasteiger partial charge on any atom is -0.481 e. The highest BCUT2D eigenvalue weighted by atomic mass is 32.1. The fourth-order valence-corrected chi connectivity index (χ4v) is 2.94. The Kier molecular flexibility index (Phi) is 4.15. The highest BCUT2D eigenvalue weighted by Gasteiger charge is 2.27. The smallest absolute Gasteiger partial charge is 0.305 e. The van der Waals surface area contributed by atoms with Gasteiger partial charge in [-0.05, 0) is 30.4 Å². The number of nitrogens with one attached hydrogen (secondary N) is 1. The number of thiophene rings is 1. The molecule has 1 unspecified atom stereocenters. The van der Waals surface area contributed by atoms with Crippen LogP contribution in [0.2, 0.25) is 0 Å². The summed E-state index contributed by atoms with van der Waals surface area (Å²) in [5, 5.41) is 13.6. The van der Waals surface area contributed by atoms with Gasteiger partial charge in [-0.15, -0.1) is 11.3 Å². The topological polar surface area (TPSA) is 92.2 Å². The van der Waals surface area contributed by atoms with Gasteiger partial charge in [-0.25, -0.2) is 9.97 Å². The second-order valence-electron chi connectivity index (χ2n) is 5.21. The van der Waals surface area contributed by atoms with E-state index in [1.807, 2.05) is 17.5 Å². The first-order valence-electron chi connectivity index (χ1n) is 7.02. The van der Waals surface area contributed by atoms with Crippen molar-refractivity contribution in [2.75, 3.05) is 0 Å². The van der Waals surface area contributed by atoms with E-state index >= 15 is 0 Å². The number of aromatic nitrogens is 2. The summed E-state index contributed by atoms with van der Waals surface area (Å²) in [5.74, 6) is -0.276. The Labute approximate surface area is 131 Å². The zero-order valence-electron chi connectivity index (χ0n) is 11.7. The molecule has 0 aliphatic heterocycles. The van der Waals surface area contributed by atoms with Crippen molar-refractivity contribution in [3.05, 3.63) is 46.2 Å². The number of carbonyl (C=O) groups is 2. The van der Waals surface area contributed by atoms with E-state index in [1.165, 1.54) is 11.3 Å². The molecule has 1 atom stereocenters. The predicted molar refractivity (Wildman–Crippen MR) is 80.8 cm³/mol. The van der Waals surface area contributed by atoms with Crippen LogP contribution in [0.5, 0.6) is 0 Å². The van der Waals surface area contributed by atoms with Crippen molar-refractivity contribution in [3.8, 4) is 0 Å². The zero-order valence-corrected chi connectivity index (χ0v) is 12.5. The van der Waals surface area contributed by atoms with Gasteiger partial charge in [-0.3, -0.25) is 9.59 Å². The lowest BCUT2D eigenvalue weighted by Crippen LogP contribution is -2.30. The number of carbonyl (C=O) groups excluding carboxylic acids is 1. The van der Waals surface area contributed by atoms with Gasteiger partial charge in [0.15, 0.2) is 0 Å². The summed E-state index contributed by atoms with van der Waals surface area (Å²) in [7, 11) is 0. The van der Waals surface area contributed by atoms with Crippen LogP contribution in [0.1, 0.15) is 52.4 Å². The highest BCUT2D eigenvalue weighted by Crippen LogP contribution is 2.37. The lowest BCUT2D eigenvalue weighted by Gasteiger charge is -2.15. The van der Waals surface area contributed by atoms with Crippen molar-refractivity contribution in [2.24, 2.45) is 0 Å². The van der Waals surface area contributed by atoms with Gasteiger partial charge in [0.1, 0.15) is 11.5 Å². The molecule has 0 saturated heterocycles. The van der Waals surface area contributed by atoms with E-state index < -0.39 is 12.0 Å². The fraction of sp³-hybridized carbons (Fsp3) is 0.333. The van der Waals surface area contributed by atoms with E-state index in [4.69, 9.17) is 5.11 Å². The average molecular weight is 317 g/mol. The minimum absolute atomic E-state index is 0.160. The SMILES string of the molecule is O=C(O)CC(NC(=O)c1ccnc(C2CC2)n1)c1cccs1. The van der Waals surface area contributed by atoms with Gasteiger partial charge in [0.05, 0.1) is 12.5 Å². The van der Waals surface area contributed by atoms with E-state index in [9.17, 15) is 9.59 Å². The fourth-order valence-electron chi connectivity index (χ4n) is 2.16. The number of carboxylic acids is 1. The molecular formula is C15H15N3O3S. The molecule has 6 nitrogen and oxygen atoms in total. The van der Waals surface area contributed by atoms with Crippen molar-refractivity contribution in [3.63, 3.8) is 0 Å². The van der Waals surface area contributed by atoms with Crippen LogP contribution in [0.3, 0.4) is 0 Å². The maximum Gasteiger partial charge on any atom is 0.305 e. The summed E-state index contributed by atoms with van der Waals surface area (Å²) in [6, 6.07) is 4.64. The molecule has 0 aromatic carbocycles. The first-order chi connectivity index (χ1) is 10.6. The summed E-state index contributed by atoms with van der Waals surface area (Å²) < 4.78 is 0. The molecule has 1 saturated carbocycles. The number of carboxylic acid groups (broad SMARTS) is 1. The Morgan fingerprint density at radius 1 is 1.41 bits per heavy atom. The molecule has 2 N–H and O–H groups in total. The number of hydrogen-bond acceptors (Lipinski definition) is 5. The summed E-state index contributed by atoms with van der Waals surface area (Å²) in [4.78, 5) is 32.6. The van der Waals surface area contributed by atoms with Crippen LogP contribution in [0.15, 0.2) is 29.8 Å². The van der Waals surface area contributed by atoms with Gasteiger partial charge in [0.25, 0.3) is 5.91 Å². The van der Waals surface area contributed by atoms with Crippen LogP contribution in [0.4, 0.5) is 0 Å². The quantitative estimate of drug-likeness (QED) is 0.853. The maximum absolute atomic E-state index is 12.3. The second kappa shape index (κ2) is 6.23. The number of nitrogens with zero attached hydrogens (tertiary/aromatic N) is 2. The van der Waals surface area contributed by atoms with E-state index in [-0.39, 0.29) is 18.0 Å². The minimum atomic E-state index is -0.958. The third-order valence-corrected chi connectivity index (χ3v) is 4.41. The van der Waals surface area contributed by atoms with Gasteiger partial charge in [-0.2, -0.15) is 0 Å². The third kappa shape index (κ3) is 3.48. The molecule has 2 heterocycles. The molecule has 1 aliphatic carbocycles. The van der Waals surface area contributed by atoms with E-state index in [1.54, 1.807) is 12.3 Å². The average Bonchev–Trinajstić information content (AvgIpc) is 3.21. The molecule has 0 spiro atoms. The van der Waals surface area contributed by atoms with Gasteiger partial charge in [0.2, 0.25) is 0 Å². The van der Waals surface area contributed by atoms with Crippen LogP contribution in [-0.2, 0) is 4.79 Å². The molecular weight excluding hydrogens is 302 g/mol. The molecule has 22 heavy (non-hydrogen) atoms. The highest BCUT2D eigenvalue weighted by molar-refractivity contribution is 7.10. The zero-order chi connectivity index (χ0) is 15.5. The lowest BCUT2D eigenvalue weighted by molar-refractivity contribution is -0.137. The van der Waals surface area contributed by atoms with Gasteiger partial charge in [-0.1, -0.05) is 6.07 Å². The Morgan fingerprint density at radius 2 is 2.23 bits per heavy atom. The molecule has 0 radical (unpaired) electrons. The molecule has 2 aromatic rings. The van der Waals surface area contributed by atoms with Crippen LogP contribution in [-0.4, -0.2) is 27.0 Å². The molecule has 2 aromatic heterocycles. The van der Waals surface area contributed by atoms with Crippen LogP contribution in [0.25, 0.3) is 0 Å². The molecule has 114 valence electrons. The second-order valence-corrected chi connectivity index (χ2v) is 6.19. The number of amides is 1. The molecule has 1 aliphatic rings. The summed E-state index contributed by atoms with van der Waals surface area (Å²) in [6.45, 7) is 0. The van der Waals surface area contributed by atoms with Crippen molar-refractivity contribution in [1.82, 2.24) is 15.3 Å². The van der Waals surface area contributed by atoms with Gasteiger partial charge in [0, 0.05) is 17.0 Å². The maximum atomic E-state index is 12.3. The number of hydrogen-bond donors (Lipinski definition) is 2. The molecule has 3 rings (SSSR count). The lowest BCUT2D eigenvalue weighted by atomic mass is 10.1. The standard InChI is InChI=1S/C15H15N3O3S/c19-13(20)8-11(12-2-1-7-22-12)18-15(21)10-5-6-16-14(17-10)9-3-4-9/h1-2,5-7,9,11H,3-4,8H2,(H,18,21)(H,19,20). The summed E-state index contributed by atoms with van der Waals surface area (Å²) >= 11 is 1.42. The largest absolute Gasteiger partial charge is 0.481 e. The van der Waals surface area contributed by atoms with Crippen molar-refractivity contribution in [2.45, 2.75) is 31.2 Å². The van der Waals surface area contributed by atoms with Crippen molar-refractivity contribution < 1.29 is 14.7 Å². The number of aliphatic carboxylic acids is 1. The Bertz CT molecular complexity index is 683. The van der Waals surface area contributed by atoms with E-state index in [2.05, 4.69) is 15.3 Å².